The van der Waals surface area contributed by atoms with Gasteiger partial charge in [-0.05, 0) is 18.6 Å². The molecule has 0 atom stereocenters. The Morgan fingerprint density at radius 2 is 1.95 bits per heavy atom. The summed E-state index contributed by atoms with van der Waals surface area (Å²) in [4.78, 5) is 11.7. The lowest BCUT2D eigenvalue weighted by atomic mass is 10.2. The number of nitrogens with zero attached hydrogens (tertiary/aromatic N) is 3. The second-order valence-corrected chi connectivity index (χ2v) is 4.62. The Balaban J connectivity index is 1.72. The minimum absolute atomic E-state index is 0.167. The van der Waals surface area contributed by atoms with Crippen LogP contribution in [0.15, 0.2) is 53.3 Å². The molecular weight excluding hydrogens is 268 g/mol. The molecule has 2 aromatic heterocycles. The third kappa shape index (κ3) is 3.00. The standard InChI is InChI=1S/C15H14N4O2/c1-11-9-15(20)19(18-11)13-7-8-14(17-16-13)21-10-12-5-3-2-4-6-12/h2-9,18H,10H2,1H3. The van der Waals surface area contributed by atoms with Gasteiger partial charge in [0.25, 0.3) is 5.56 Å². The summed E-state index contributed by atoms with van der Waals surface area (Å²) in [6.07, 6.45) is 0. The van der Waals surface area contributed by atoms with Crippen molar-refractivity contribution in [2.45, 2.75) is 13.5 Å². The van der Waals surface area contributed by atoms with Crippen molar-refractivity contribution in [1.82, 2.24) is 20.0 Å². The van der Waals surface area contributed by atoms with Crippen molar-refractivity contribution in [2.24, 2.45) is 0 Å². The fourth-order valence-corrected chi connectivity index (χ4v) is 1.92. The van der Waals surface area contributed by atoms with E-state index in [0.29, 0.717) is 18.3 Å². The van der Waals surface area contributed by atoms with Crippen LogP contribution in [0.3, 0.4) is 0 Å². The number of aromatic amines is 1. The molecule has 1 aromatic carbocycles. The van der Waals surface area contributed by atoms with Crippen molar-refractivity contribution < 1.29 is 4.74 Å². The predicted octanol–water partition coefficient (Wildman–Crippen LogP) is 1.84. The van der Waals surface area contributed by atoms with E-state index in [1.54, 1.807) is 12.1 Å². The minimum atomic E-state index is -0.167. The first-order valence-electron chi connectivity index (χ1n) is 6.52. The number of benzene rings is 1. The van der Waals surface area contributed by atoms with Gasteiger partial charge in [0.1, 0.15) is 6.61 Å². The van der Waals surface area contributed by atoms with Gasteiger partial charge in [0.05, 0.1) is 0 Å². The van der Waals surface area contributed by atoms with Crippen LogP contribution in [-0.2, 0) is 6.61 Å². The normalized spacial score (nSPS) is 10.5. The van der Waals surface area contributed by atoms with Crippen molar-refractivity contribution in [2.75, 3.05) is 0 Å². The molecule has 6 heteroatoms. The van der Waals surface area contributed by atoms with E-state index in [-0.39, 0.29) is 5.56 Å². The Morgan fingerprint density at radius 3 is 2.57 bits per heavy atom. The lowest BCUT2D eigenvalue weighted by molar-refractivity contribution is 0.290. The van der Waals surface area contributed by atoms with Crippen molar-refractivity contribution in [3.05, 3.63) is 70.1 Å². The fourth-order valence-electron chi connectivity index (χ4n) is 1.92. The number of H-pyrrole nitrogens is 1. The maximum atomic E-state index is 11.7. The van der Waals surface area contributed by atoms with Gasteiger partial charge < -0.3 is 4.74 Å². The number of aromatic nitrogens is 4. The molecule has 0 aliphatic heterocycles. The van der Waals surface area contributed by atoms with E-state index in [4.69, 9.17) is 4.74 Å². The minimum Gasteiger partial charge on any atom is -0.472 e. The van der Waals surface area contributed by atoms with Crippen molar-refractivity contribution in [3.63, 3.8) is 0 Å². The van der Waals surface area contributed by atoms with Gasteiger partial charge in [0, 0.05) is 17.8 Å². The average Bonchev–Trinajstić information content (AvgIpc) is 2.85. The number of nitrogens with one attached hydrogen (secondary N) is 1. The van der Waals surface area contributed by atoms with Crippen molar-refractivity contribution >= 4 is 0 Å². The van der Waals surface area contributed by atoms with Gasteiger partial charge >= 0.3 is 0 Å². The van der Waals surface area contributed by atoms with Gasteiger partial charge in [-0.15, -0.1) is 10.2 Å². The molecule has 2 heterocycles. The monoisotopic (exact) mass is 282 g/mol. The molecule has 3 rings (SSSR count). The summed E-state index contributed by atoms with van der Waals surface area (Å²) in [5, 5.41) is 10.9. The molecule has 0 aliphatic rings. The van der Waals surface area contributed by atoms with Crippen molar-refractivity contribution in [1.29, 1.82) is 0 Å². The fraction of sp³-hybridized carbons (Fsp3) is 0.133. The summed E-state index contributed by atoms with van der Waals surface area (Å²) in [7, 11) is 0. The van der Waals surface area contributed by atoms with Crippen LogP contribution in [0.1, 0.15) is 11.3 Å². The van der Waals surface area contributed by atoms with E-state index in [1.165, 1.54) is 10.7 Å². The third-order valence-corrected chi connectivity index (χ3v) is 2.93. The Kier molecular flexibility index (Phi) is 3.51. The third-order valence-electron chi connectivity index (χ3n) is 2.93. The van der Waals surface area contributed by atoms with Crippen LogP contribution < -0.4 is 10.3 Å². The highest BCUT2D eigenvalue weighted by molar-refractivity contribution is 5.23. The van der Waals surface area contributed by atoms with E-state index >= 15 is 0 Å². The van der Waals surface area contributed by atoms with Gasteiger partial charge in [0.2, 0.25) is 5.88 Å². The number of hydrogen-bond acceptors (Lipinski definition) is 4. The molecule has 3 aromatic rings. The summed E-state index contributed by atoms with van der Waals surface area (Å²) >= 11 is 0. The molecule has 106 valence electrons. The van der Waals surface area contributed by atoms with Gasteiger partial charge in [0.15, 0.2) is 5.82 Å². The van der Waals surface area contributed by atoms with Crippen LogP contribution in [0.4, 0.5) is 0 Å². The van der Waals surface area contributed by atoms with Crippen LogP contribution in [-0.4, -0.2) is 20.0 Å². The molecule has 0 amide bonds. The van der Waals surface area contributed by atoms with E-state index in [2.05, 4.69) is 15.3 Å². The topological polar surface area (TPSA) is 72.8 Å². The summed E-state index contributed by atoms with van der Waals surface area (Å²) in [5.41, 5.74) is 1.66. The highest BCUT2D eigenvalue weighted by Crippen LogP contribution is 2.09. The van der Waals surface area contributed by atoms with Crippen molar-refractivity contribution in [3.8, 4) is 11.7 Å². The van der Waals surface area contributed by atoms with Crippen LogP contribution in [0.2, 0.25) is 0 Å². The molecule has 0 fully saturated rings. The molecule has 0 unspecified atom stereocenters. The zero-order valence-electron chi connectivity index (χ0n) is 11.5. The summed E-state index contributed by atoms with van der Waals surface area (Å²) in [5.74, 6) is 0.846. The zero-order chi connectivity index (χ0) is 14.7. The summed E-state index contributed by atoms with van der Waals surface area (Å²) in [6.45, 7) is 2.24. The molecule has 21 heavy (non-hydrogen) atoms. The molecule has 0 bridgehead atoms. The Hall–Kier alpha value is -2.89. The second kappa shape index (κ2) is 5.62. The van der Waals surface area contributed by atoms with Crippen LogP contribution >= 0.6 is 0 Å². The first kappa shape index (κ1) is 13.1. The van der Waals surface area contributed by atoms with Gasteiger partial charge in [-0.2, -0.15) is 4.68 Å². The lowest BCUT2D eigenvalue weighted by Crippen LogP contribution is -2.15. The molecular formula is C15H14N4O2. The molecule has 0 saturated heterocycles. The van der Waals surface area contributed by atoms with Gasteiger partial charge in [-0.3, -0.25) is 9.89 Å². The average molecular weight is 282 g/mol. The summed E-state index contributed by atoms with van der Waals surface area (Å²) < 4.78 is 6.88. The number of aryl methyl sites for hydroxylation is 1. The molecule has 0 radical (unpaired) electrons. The smallest absolute Gasteiger partial charge is 0.272 e. The quantitative estimate of drug-likeness (QED) is 0.792. The number of hydrogen-bond donors (Lipinski definition) is 1. The first-order valence-corrected chi connectivity index (χ1v) is 6.52. The molecule has 0 saturated carbocycles. The Labute approximate surface area is 121 Å². The first-order chi connectivity index (χ1) is 10.2. The van der Waals surface area contributed by atoms with E-state index in [9.17, 15) is 4.79 Å². The SMILES string of the molecule is Cc1cc(=O)n(-c2ccc(OCc3ccccc3)nn2)[nH]1. The largest absolute Gasteiger partial charge is 0.472 e. The highest BCUT2D eigenvalue weighted by atomic mass is 16.5. The van der Waals surface area contributed by atoms with E-state index in [0.717, 1.165) is 11.3 Å². The molecule has 0 spiro atoms. The van der Waals surface area contributed by atoms with E-state index in [1.807, 2.05) is 37.3 Å². The van der Waals surface area contributed by atoms with Crippen LogP contribution in [0.25, 0.3) is 5.82 Å². The molecule has 6 nitrogen and oxygen atoms in total. The maximum Gasteiger partial charge on any atom is 0.272 e. The molecule has 0 aliphatic carbocycles. The lowest BCUT2D eigenvalue weighted by Gasteiger charge is -2.05. The van der Waals surface area contributed by atoms with Crippen LogP contribution in [0.5, 0.6) is 5.88 Å². The molecule has 1 N–H and O–H groups in total. The Morgan fingerprint density at radius 1 is 1.14 bits per heavy atom. The second-order valence-electron chi connectivity index (χ2n) is 4.62. The highest BCUT2D eigenvalue weighted by Gasteiger charge is 2.05. The van der Waals surface area contributed by atoms with Crippen LogP contribution in [0, 0.1) is 6.92 Å². The number of ether oxygens (including phenoxy) is 1. The zero-order valence-corrected chi connectivity index (χ0v) is 11.5. The predicted molar refractivity (Wildman–Crippen MR) is 77.5 cm³/mol. The van der Waals surface area contributed by atoms with Gasteiger partial charge in [-0.25, -0.2) is 0 Å². The maximum absolute atomic E-state index is 11.7. The van der Waals surface area contributed by atoms with Gasteiger partial charge in [-0.1, -0.05) is 30.3 Å². The van der Waals surface area contributed by atoms with E-state index < -0.39 is 0 Å². The number of rotatable bonds is 4. The Bertz CT molecular complexity index is 775. The summed E-state index contributed by atoms with van der Waals surface area (Å²) in [6, 6.07) is 14.7.